The van der Waals surface area contributed by atoms with Gasteiger partial charge < -0.3 is 20.2 Å². The second-order valence-electron chi connectivity index (χ2n) is 9.98. The third-order valence-electron chi connectivity index (χ3n) is 8.47. The Morgan fingerprint density at radius 1 is 0.943 bits per heavy atom. The first-order chi connectivity index (χ1) is 17.0. The maximum Gasteiger partial charge on any atom is 0.259 e. The molecular formula is C27H21N5O3. The van der Waals surface area contributed by atoms with Crippen molar-refractivity contribution in [3.8, 4) is 0 Å². The van der Waals surface area contributed by atoms with Crippen LogP contribution in [0.3, 0.4) is 0 Å². The minimum absolute atomic E-state index is 0.0372. The smallest absolute Gasteiger partial charge is 0.259 e. The topological polar surface area (TPSA) is 111 Å². The van der Waals surface area contributed by atoms with Crippen LogP contribution >= 0.6 is 0 Å². The van der Waals surface area contributed by atoms with Crippen LogP contribution in [0, 0.1) is 0 Å². The molecule has 3 atom stereocenters. The first kappa shape index (κ1) is 19.2. The van der Waals surface area contributed by atoms with Crippen LogP contribution in [-0.2, 0) is 4.79 Å². The fourth-order valence-electron chi connectivity index (χ4n) is 7.22. The van der Waals surface area contributed by atoms with Crippen molar-refractivity contribution in [3.05, 3.63) is 59.7 Å². The Kier molecular flexibility index (Phi) is 3.23. The molecule has 4 N–H and O–H groups in total. The van der Waals surface area contributed by atoms with E-state index in [9.17, 15) is 14.4 Å². The summed E-state index contributed by atoms with van der Waals surface area (Å²) < 4.78 is 4.46. The molecule has 2 bridgehead atoms. The average Bonchev–Trinajstić information content (AvgIpc) is 3.53. The number of nitrogens with one attached hydrogen (secondary N) is 2. The quantitative estimate of drug-likeness (QED) is 0.332. The number of hydrogen-bond acceptors (Lipinski definition) is 4. The van der Waals surface area contributed by atoms with Gasteiger partial charge in [0.25, 0.3) is 11.8 Å². The van der Waals surface area contributed by atoms with Crippen LogP contribution in [0.1, 0.15) is 45.6 Å². The van der Waals surface area contributed by atoms with E-state index in [1.807, 2.05) is 48.5 Å². The fraction of sp³-hybridized carbons (Fsp3) is 0.222. The van der Waals surface area contributed by atoms with E-state index in [4.69, 9.17) is 5.73 Å². The monoisotopic (exact) mass is 463 g/mol. The molecule has 0 saturated heterocycles. The van der Waals surface area contributed by atoms with Gasteiger partial charge in [0.05, 0.1) is 28.2 Å². The Labute approximate surface area is 198 Å². The minimum Gasteiger partial charge on any atom is -0.358 e. The number of nitrogens with zero attached hydrogens (tertiary/aromatic N) is 2. The highest BCUT2D eigenvalue weighted by Gasteiger charge is 2.54. The number of fused-ring (bicyclic) bond motifs is 13. The first-order valence-electron chi connectivity index (χ1n) is 11.8. The summed E-state index contributed by atoms with van der Waals surface area (Å²) in [5, 5.41) is 8.70. The molecule has 2 aliphatic heterocycles. The number of rotatable bonds is 1. The van der Waals surface area contributed by atoms with Gasteiger partial charge in [0.1, 0.15) is 5.54 Å². The van der Waals surface area contributed by atoms with Crippen molar-refractivity contribution >= 4 is 61.3 Å². The van der Waals surface area contributed by atoms with E-state index in [1.54, 1.807) is 7.05 Å². The SMILES string of the molecule is CNC(=O)[C@]1(N)CC2CC1n1c3ccccc3c3c4c(c5c6ccccc6n2c5c31)C(=O)NC4=O. The Bertz CT molecular complexity index is 1860. The molecule has 2 unspecified atom stereocenters. The predicted octanol–water partition coefficient (Wildman–Crippen LogP) is 3.12. The maximum absolute atomic E-state index is 13.2. The maximum atomic E-state index is 13.2. The molecule has 172 valence electrons. The van der Waals surface area contributed by atoms with E-state index < -0.39 is 5.54 Å². The lowest BCUT2D eigenvalue weighted by molar-refractivity contribution is -0.126. The summed E-state index contributed by atoms with van der Waals surface area (Å²) in [7, 11) is 1.62. The van der Waals surface area contributed by atoms with Crippen LogP contribution in [0.4, 0.5) is 0 Å². The molecule has 8 rings (SSSR count). The van der Waals surface area contributed by atoms with Crippen LogP contribution < -0.4 is 16.4 Å². The van der Waals surface area contributed by atoms with Gasteiger partial charge in [-0.3, -0.25) is 19.7 Å². The van der Waals surface area contributed by atoms with Gasteiger partial charge >= 0.3 is 0 Å². The summed E-state index contributed by atoms with van der Waals surface area (Å²) in [6, 6.07) is 15.5. The molecule has 1 aliphatic carbocycles. The highest BCUT2D eigenvalue weighted by atomic mass is 16.2. The van der Waals surface area contributed by atoms with E-state index in [2.05, 4.69) is 19.8 Å². The number of likely N-dealkylation sites (N-methyl/N-ethyl adjacent to an activating group) is 1. The number of carbonyl (C=O) groups is 3. The number of aromatic nitrogens is 2. The van der Waals surface area contributed by atoms with Crippen molar-refractivity contribution < 1.29 is 14.4 Å². The summed E-state index contributed by atoms with van der Waals surface area (Å²) in [5.41, 5.74) is 10.4. The number of carbonyl (C=O) groups excluding carboxylic acids is 3. The summed E-state index contributed by atoms with van der Waals surface area (Å²) in [6.07, 6.45) is 1.14. The lowest BCUT2D eigenvalue weighted by Gasteiger charge is -2.32. The van der Waals surface area contributed by atoms with Gasteiger partial charge in [-0.15, -0.1) is 0 Å². The number of para-hydroxylation sites is 2. The average molecular weight is 463 g/mol. The van der Waals surface area contributed by atoms with E-state index in [0.29, 0.717) is 24.0 Å². The summed E-state index contributed by atoms with van der Waals surface area (Å²) in [5.74, 6) is -0.938. The van der Waals surface area contributed by atoms with Crippen molar-refractivity contribution in [3.63, 3.8) is 0 Å². The molecule has 0 spiro atoms. The summed E-state index contributed by atoms with van der Waals surface area (Å²) >= 11 is 0. The molecule has 3 aliphatic rings. The van der Waals surface area contributed by atoms with Gasteiger partial charge in [-0.2, -0.15) is 0 Å². The zero-order valence-corrected chi connectivity index (χ0v) is 18.9. The Morgan fingerprint density at radius 3 is 2.09 bits per heavy atom. The third-order valence-corrected chi connectivity index (χ3v) is 8.47. The van der Waals surface area contributed by atoms with E-state index in [1.165, 1.54) is 0 Å². The molecule has 8 nitrogen and oxygen atoms in total. The molecule has 3 aromatic carbocycles. The largest absolute Gasteiger partial charge is 0.358 e. The molecule has 1 fully saturated rings. The molecule has 5 aromatic rings. The van der Waals surface area contributed by atoms with Gasteiger partial charge in [0.15, 0.2) is 0 Å². The van der Waals surface area contributed by atoms with Gasteiger partial charge in [-0.25, -0.2) is 0 Å². The Balaban J connectivity index is 1.73. The summed E-state index contributed by atoms with van der Waals surface area (Å²) in [6.45, 7) is 0. The van der Waals surface area contributed by atoms with Gasteiger partial charge in [-0.1, -0.05) is 36.4 Å². The van der Waals surface area contributed by atoms with Crippen LogP contribution in [-0.4, -0.2) is 39.4 Å². The summed E-state index contributed by atoms with van der Waals surface area (Å²) in [4.78, 5) is 39.7. The second-order valence-corrected chi connectivity index (χ2v) is 9.98. The van der Waals surface area contributed by atoms with Crippen molar-refractivity contribution in [2.75, 3.05) is 7.05 Å². The number of benzene rings is 3. The highest BCUT2D eigenvalue weighted by Crippen LogP contribution is 2.55. The normalized spacial score (nSPS) is 24.6. The van der Waals surface area contributed by atoms with E-state index in [0.717, 1.165) is 43.6 Å². The van der Waals surface area contributed by atoms with Gasteiger partial charge in [-0.05, 0) is 25.0 Å². The number of nitrogens with two attached hydrogens (primary N) is 1. The van der Waals surface area contributed by atoms with Crippen molar-refractivity contribution in [2.45, 2.75) is 30.5 Å². The lowest BCUT2D eigenvalue weighted by Crippen LogP contribution is -2.56. The third kappa shape index (κ3) is 1.95. The molecule has 35 heavy (non-hydrogen) atoms. The molecule has 2 aromatic heterocycles. The standard InChI is InChI=1S/C27H21N5O3/c1-29-26(35)27(28)11-12-10-17(27)32-16-9-5-3-7-14(16)19-21-20(24(33)30-25(21)34)18-13-6-2-4-8-15(13)31(12)22(18)23(19)32/h2-9,12,17H,10-11,28H2,1H3,(H,29,35)(H,30,33,34)/t12?,17?,27-/m0/s1. The molecule has 8 heteroatoms. The second kappa shape index (κ2) is 5.90. The van der Waals surface area contributed by atoms with E-state index >= 15 is 0 Å². The Hall–Kier alpha value is -4.17. The first-order valence-corrected chi connectivity index (χ1v) is 11.8. The number of hydrogen-bond donors (Lipinski definition) is 3. The van der Waals surface area contributed by atoms with Crippen molar-refractivity contribution in [2.24, 2.45) is 5.73 Å². The highest BCUT2D eigenvalue weighted by molar-refractivity contribution is 6.39. The Morgan fingerprint density at radius 2 is 1.49 bits per heavy atom. The predicted molar refractivity (Wildman–Crippen MR) is 133 cm³/mol. The van der Waals surface area contributed by atoms with Crippen LogP contribution in [0.15, 0.2) is 48.5 Å². The van der Waals surface area contributed by atoms with Gasteiger partial charge in [0.2, 0.25) is 5.91 Å². The molecule has 1 saturated carbocycles. The van der Waals surface area contributed by atoms with Crippen LogP contribution in [0.5, 0.6) is 0 Å². The number of imide groups is 1. The van der Waals surface area contributed by atoms with Crippen molar-refractivity contribution in [1.29, 1.82) is 0 Å². The minimum atomic E-state index is -1.12. The van der Waals surface area contributed by atoms with Crippen LogP contribution in [0.2, 0.25) is 0 Å². The number of amides is 3. The lowest BCUT2D eigenvalue weighted by atomic mass is 9.91. The zero-order valence-electron chi connectivity index (χ0n) is 18.9. The fourth-order valence-corrected chi connectivity index (χ4v) is 7.22. The molecular weight excluding hydrogens is 442 g/mol. The molecule has 4 heterocycles. The van der Waals surface area contributed by atoms with E-state index in [-0.39, 0.29) is 29.8 Å². The van der Waals surface area contributed by atoms with Gasteiger partial charge in [0, 0.05) is 45.7 Å². The van der Waals surface area contributed by atoms with Crippen LogP contribution in [0.25, 0.3) is 43.6 Å². The molecule has 3 amide bonds. The van der Waals surface area contributed by atoms with Crippen molar-refractivity contribution in [1.82, 2.24) is 19.8 Å². The zero-order chi connectivity index (χ0) is 23.8. The molecule has 0 radical (unpaired) electrons.